The van der Waals surface area contributed by atoms with Crippen LogP contribution in [-0.4, -0.2) is 41.2 Å². The minimum Gasteiger partial charge on any atom is -0.383 e. The van der Waals surface area contributed by atoms with Crippen LogP contribution in [0.5, 0.6) is 0 Å². The van der Waals surface area contributed by atoms with Crippen LogP contribution in [0.15, 0.2) is 60.9 Å². The summed E-state index contributed by atoms with van der Waals surface area (Å²) in [6, 6.07) is 16.2. The van der Waals surface area contributed by atoms with E-state index in [1.807, 2.05) is 52.0 Å². The summed E-state index contributed by atoms with van der Waals surface area (Å²) in [5, 5.41) is 12.6. The summed E-state index contributed by atoms with van der Waals surface area (Å²) in [5.41, 5.74) is 10.7. The van der Waals surface area contributed by atoms with E-state index in [9.17, 15) is 9.59 Å². The molecule has 0 aliphatic carbocycles. The number of hydrogen-bond acceptors (Lipinski definition) is 7. The van der Waals surface area contributed by atoms with Gasteiger partial charge in [0.1, 0.15) is 23.7 Å². The third-order valence-electron chi connectivity index (χ3n) is 6.27. The van der Waals surface area contributed by atoms with E-state index in [-0.39, 0.29) is 11.0 Å². The Morgan fingerprint density at radius 1 is 0.947 bits per heavy atom. The minimum atomic E-state index is -0.757. The molecule has 0 aliphatic heterocycles. The lowest BCUT2D eigenvalue weighted by Crippen LogP contribution is -2.24. The number of fused-ring (bicyclic) bond motifs is 1. The number of aromatic nitrogens is 6. The third kappa shape index (κ3) is 4.52. The summed E-state index contributed by atoms with van der Waals surface area (Å²) < 4.78 is 3.27. The molecule has 0 fully saturated rings. The Balaban J connectivity index is 1.42. The van der Waals surface area contributed by atoms with Crippen LogP contribution in [0.3, 0.4) is 0 Å². The number of carbonyl (C=O) groups is 2. The van der Waals surface area contributed by atoms with Crippen LogP contribution >= 0.6 is 0 Å². The molecule has 192 valence electrons. The van der Waals surface area contributed by atoms with Gasteiger partial charge in [-0.25, -0.2) is 19.3 Å². The molecule has 0 spiro atoms. The Labute approximate surface area is 219 Å². The Hall–Kier alpha value is -4.86. The van der Waals surface area contributed by atoms with Gasteiger partial charge in [-0.2, -0.15) is 10.2 Å². The second kappa shape index (κ2) is 9.22. The first-order chi connectivity index (χ1) is 18.0. The predicted octanol–water partition coefficient (Wildman–Crippen LogP) is 4.23. The van der Waals surface area contributed by atoms with E-state index in [1.165, 1.54) is 6.33 Å². The molecular weight excluding hydrogens is 480 g/mol. The second-order valence-corrected chi connectivity index (χ2v) is 10.2. The van der Waals surface area contributed by atoms with Gasteiger partial charge in [-0.3, -0.25) is 9.59 Å². The van der Waals surface area contributed by atoms with Crippen molar-refractivity contribution in [2.45, 2.75) is 33.1 Å². The van der Waals surface area contributed by atoms with E-state index < -0.39 is 11.7 Å². The second-order valence-electron chi connectivity index (χ2n) is 10.2. The van der Waals surface area contributed by atoms with Gasteiger partial charge in [-0.05, 0) is 19.1 Å². The molecule has 10 heteroatoms. The summed E-state index contributed by atoms with van der Waals surface area (Å²) >= 11 is 0. The predicted molar refractivity (Wildman–Crippen MR) is 146 cm³/mol. The molecule has 0 unspecified atom stereocenters. The lowest BCUT2D eigenvalue weighted by atomic mass is 9.92. The van der Waals surface area contributed by atoms with Crippen LogP contribution in [0.2, 0.25) is 0 Å². The molecule has 2 aromatic carbocycles. The first-order valence-electron chi connectivity index (χ1n) is 12.1. The van der Waals surface area contributed by atoms with Crippen LogP contribution < -0.4 is 11.1 Å². The first-order valence-corrected chi connectivity index (χ1v) is 12.1. The Morgan fingerprint density at radius 3 is 2.29 bits per heavy atom. The monoisotopic (exact) mass is 508 g/mol. The zero-order valence-electron chi connectivity index (χ0n) is 21.9. The van der Waals surface area contributed by atoms with Gasteiger partial charge in [0.15, 0.2) is 5.65 Å². The van der Waals surface area contributed by atoms with Gasteiger partial charge in [0.2, 0.25) is 0 Å². The number of carbonyl (C=O) groups excluding carboxylic acids is 2. The summed E-state index contributed by atoms with van der Waals surface area (Å²) in [4.78, 5) is 34.4. The van der Waals surface area contributed by atoms with Crippen LogP contribution in [-0.2, 0) is 17.3 Å². The van der Waals surface area contributed by atoms with Crippen molar-refractivity contribution in [1.29, 1.82) is 0 Å². The smallest absolute Gasteiger partial charge is 0.297 e. The summed E-state index contributed by atoms with van der Waals surface area (Å²) in [7, 11) is 1.77. The van der Waals surface area contributed by atoms with Crippen LogP contribution in [0.1, 0.15) is 42.4 Å². The van der Waals surface area contributed by atoms with Crippen LogP contribution in [0.4, 0.5) is 11.6 Å². The van der Waals surface area contributed by atoms with Crippen molar-refractivity contribution in [3.05, 3.63) is 77.7 Å². The summed E-state index contributed by atoms with van der Waals surface area (Å²) in [5.74, 6) is -0.687. The topological polar surface area (TPSA) is 134 Å². The molecule has 0 radical (unpaired) electrons. The van der Waals surface area contributed by atoms with Crippen LogP contribution in [0.25, 0.3) is 28.0 Å². The zero-order chi connectivity index (χ0) is 27.2. The fourth-order valence-corrected chi connectivity index (χ4v) is 4.11. The van der Waals surface area contributed by atoms with E-state index in [0.717, 1.165) is 22.5 Å². The van der Waals surface area contributed by atoms with Gasteiger partial charge in [0.05, 0.1) is 16.8 Å². The number of nitrogens with zero attached hydrogens (tertiary/aromatic N) is 6. The van der Waals surface area contributed by atoms with Crippen molar-refractivity contribution in [2.24, 2.45) is 7.05 Å². The number of benzene rings is 2. The fourth-order valence-electron chi connectivity index (χ4n) is 4.11. The standard InChI is InChI=1S/C28H28N8O2/c1-16-6-12-19(13-7-16)36-21(14-20(33-36)28(2,3)4)32-27(38)24(37)18-10-8-17(9-11-18)23-22-25(29)30-15-31-26(22)35(5)34-23/h6-15H,1-5H3,(H,32,38)(H2,29,30,31). The van der Waals surface area contributed by atoms with Gasteiger partial charge < -0.3 is 11.1 Å². The molecule has 5 aromatic rings. The highest BCUT2D eigenvalue weighted by atomic mass is 16.2. The van der Waals surface area contributed by atoms with Crippen LogP contribution in [0, 0.1) is 6.92 Å². The van der Waals surface area contributed by atoms with Gasteiger partial charge in [0.25, 0.3) is 11.7 Å². The largest absolute Gasteiger partial charge is 0.383 e. The number of hydrogen-bond donors (Lipinski definition) is 2. The maximum atomic E-state index is 13.1. The molecule has 0 saturated carbocycles. The quantitative estimate of drug-likeness (QED) is 0.268. The first kappa shape index (κ1) is 24.8. The summed E-state index contributed by atoms with van der Waals surface area (Å²) in [6.07, 6.45) is 1.39. The number of nitrogens with one attached hydrogen (secondary N) is 1. The highest BCUT2D eigenvalue weighted by molar-refractivity contribution is 6.46. The van der Waals surface area contributed by atoms with E-state index >= 15 is 0 Å². The average molecular weight is 509 g/mol. The molecular formula is C28H28N8O2. The maximum absolute atomic E-state index is 13.1. The molecule has 5 rings (SSSR count). The fraction of sp³-hybridized carbons (Fsp3) is 0.214. The molecule has 3 heterocycles. The number of Topliss-reactive ketones (excluding diaryl/α,β-unsaturated/α-hetero) is 1. The Kier molecular flexibility index (Phi) is 6.02. The zero-order valence-corrected chi connectivity index (χ0v) is 21.9. The van der Waals surface area contributed by atoms with E-state index in [4.69, 9.17) is 10.8 Å². The van der Waals surface area contributed by atoms with Gasteiger partial charge in [-0.15, -0.1) is 0 Å². The number of anilines is 2. The van der Waals surface area contributed by atoms with Crippen molar-refractivity contribution in [2.75, 3.05) is 11.1 Å². The lowest BCUT2D eigenvalue weighted by Gasteiger charge is -2.14. The summed E-state index contributed by atoms with van der Waals surface area (Å²) in [6.45, 7) is 8.12. The maximum Gasteiger partial charge on any atom is 0.297 e. The molecule has 1 amide bonds. The minimum absolute atomic E-state index is 0.244. The molecule has 3 aromatic heterocycles. The van der Waals surface area contributed by atoms with Crippen molar-refractivity contribution in [3.8, 4) is 16.9 Å². The number of amides is 1. The number of rotatable bonds is 5. The van der Waals surface area contributed by atoms with Gasteiger partial charge >= 0.3 is 0 Å². The van der Waals surface area contributed by atoms with Crippen molar-refractivity contribution < 1.29 is 9.59 Å². The number of nitrogens with two attached hydrogens (primary N) is 1. The highest BCUT2D eigenvalue weighted by Gasteiger charge is 2.24. The molecule has 0 aliphatic rings. The van der Waals surface area contributed by atoms with E-state index in [1.54, 1.807) is 46.7 Å². The molecule has 0 saturated heterocycles. The molecule has 3 N–H and O–H groups in total. The third-order valence-corrected chi connectivity index (χ3v) is 6.27. The number of ketones is 1. The van der Waals surface area contributed by atoms with E-state index in [0.29, 0.717) is 28.4 Å². The molecule has 38 heavy (non-hydrogen) atoms. The van der Waals surface area contributed by atoms with E-state index in [2.05, 4.69) is 20.4 Å². The number of nitrogen functional groups attached to an aromatic ring is 1. The molecule has 0 atom stereocenters. The van der Waals surface area contributed by atoms with Crippen molar-refractivity contribution >= 4 is 34.4 Å². The van der Waals surface area contributed by atoms with Gasteiger partial charge in [0, 0.05) is 29.7 Å². The molecule has 0 bridgehead atoms. The Bertz CT molecular complexity index is 1670. The number of aryl methyl sites for hydroxylation is 2. The SMILES string of the molecule is Cc1ccc(-n2nc(C(C)(C)C)cc2NC(=O)C(=O)c2ccc(-c3nn(C)c4ncnc(N)c34)cc2)cc1. The lowest BCUT2D eigenvalue weighted by molar-refractivity contribution is -0.112. The average Bonchev–Trinajstić information content (AvgIpc) is 3.46. The normalized spacial score (nSPS) is 11.6. The highest BCUT2D eigenvalue weighted by Crippen LogP contribution is 2.30. The molecule has 10 nitrogen and oxygen atoms in total. The van der Waals surface area contributed by atoms with Crippen molar-refractivity contribution in [3.63, 3.8) is 0 Å². The van der Waals surface area contributed by atoms with Gasteiger partial charge in [-0.1, -0.05) is 62.7 Å². The Morgan fingerprint density at radius 2 is 1.63 bits per heavy atom. The van der Waals surface area contributed by atoms with Crippen molar-refractivity contribution in [1.82, 2.24) is 29.5 Å².